The van der Waals surface area contributed by atoms with Gasteiger partial charge in [0.15, 0.2) is 0 Å². The molecule has 0 aromatic heterocycles. The van der Waals surface area contributed by atoms with Crippen LogP contribution >= 0.6 is 0 Å². The summed E-state index contributed by atoms with van der Waals surface area (Å²) >= 11 is 0. The van der Waals surface area contributed by atoms with E-state index < -0.39 is 17.7 Å². The van der Waals surface area contributed by atoms with Crippen molar-refractivity contribution in [3.05, 3.63) is 42.0 Å². The molecule has 2 aliphatic rings. The second-order valence-electron chi connectivity index (χ2n) is 7.14. The van der Waals surface area contributed by atoms with Crippen molar-refractivity contribution in [2.24, 2.45) is 0 Å². The normalized spacial score (nSPS) is 20.8. The molecule has 1 aliphatic carbocycles. The maximum absolute atomic E-state index is 12.1. The maximum Gasteiger partial charge on any atom is 0.325 e. The molecule has 25 heavy (non-hydrogen) atoms. The minimum absolute atomic E-state index is 0.0157. The lowest BCUT2D eigenvalue weighted by atomic mass is 9.97. The van der Waals surface area contributed by atoms with Crippen LogP contribution in [0.25, 0.3) is 0 Å². The number of aliphatic hydroxyl groups is 1. The molecular formula is C19H24N2O4. The summed E-state index contributed by atoms with van der Waals surface area (Å²) in [5.74, 6) is 0.861. The van der Waals surface area contributed by atoms with Gasteiger partial charge in [0, 0.05) is 0 Å². The molecule has 0 radical (unpaired) electrons. The lowest BCUT2D eigenvalue weighted by Crippen LogP contribution is -2.42. The Morgan fingerprint density at radius 1 is 1.24 bits per heavy atom. The first-order chi connectivity index (χ1) is 11.9. The molecule has 1 saturated heterocycles. The topological polar surface area (TPSA) is 78.9 Å². The number of β-amino-alcohol motifs (C(OH)–C–C–N with tert-alkyl or cyclic N) is 1. The number of hydrogen-bond donors (Lipinski definition) is 2. The van der Waals surface area contributed by atoms with Crippen molar-refractivity contribution in [1.29, 1.82) is 0 Å². The minimum Gasteiger partial charge on any atom is -0.491 e. The number of ether oxygens (including phenoxy) is 1. The Morgan fingerprint density at radius 3 is 2.44 bits per heavy atom. The van der Waals surface area contributed by atoms with E-state index in [0.717, 1.165) is 17.7 Å². The van der Waals surface area contributed by atoms with Crippen molar-refractivity contribution in [2.45, 2.75) is 44.2 Å². The summed E-state index contributed by atoms with van der Waals surface area (Å²) in [6.45, 7) is 3.21. The van der Waals surface area contributed by atoms with Gasteiger partial charge in [-0.3, -0.25) is 9.69 Å². The van der Waals surface area contributed by atoms with Gasteiger partial charge in [0.1, 0.15) is 24.0 Å². The third-order valence-corrected chi connectivity index (χ3v) is 4.64. The SMILES string of the molecule is CC1(C)NC(=O)N(CC(O)COc2ccc(C3CC=CC3)cc2)C1=O. The summed E-state index contributed by atoms with van der Waals surface area (Å²) < 4.78 is 5.58. The van der Waals surface area contributed by atoms with Gasteiger partial charge < -0.3 is 15.2 Å². The maximum atomic E-state index is 12.1. The number of rotatable bonds is 6. The van der Waals surface area contributed by atoms with E-state index in [9.17, 15) is 14.7 Å². The number of aliphatic hydroxyl groups excluding tert-OH is 1. The van der Waals surface area contributed by atoms with Gasteiger partial charge >= 0.3 is 6.03 Å². The highest BCUT2D eigenvalue weighted by atomic mass is 16.5. The van der Waals surface area contributed by atoms with Crippen LogP contribution in [-0.2, 0) is 4.79 Å². The van der Waals surface area contributed by atoms with Gasteiger partial charge in [-0.1, -0.05) is 24.3 Å². The van der Waals surface area contributed by atoms with Crippen molar-refractivity contribution < 1.29 is 19.4 Å². The van der Waals surface area contributed by atoms with Crippen LogP contribution in [0.2, 0.25) is 0 Å². The first-order valence-electron chi connectivity index (χ1n) is 8.57. The van der Waals surface area contributed by atoms with Crippen LogP contribution in [0.1, 0.15) is 38.2 Å². The number of imide groups is 1. The van der Waals surface area contributed by atoms with Gasteiger partial charge in [-0.25, -0.2) is 4.79 Å². The standard InChI is InChI=1S/C19H24N2O4/c1-19(2)17(23)21(18(24)20-19)11-15(22)12-25-16-9-7-14(8-10-16)13-5-3-4-6-13/h3-4,7-10,13,15,22H,5-6,11-12H2,1-2H3,(H,20,24). The van der Waals surface area contributed by atoms with Crippen molar-refractivity contribution in [1.82, 2.24) is 10.2 Å². The Balaban J connectivity index is 1.50. The van der Waals surface area contributed by atoms with E-state index in [1.807, 2.05) is 24.3 Å². The van der Waals surface area contributed by atoms with Gasteiger partial charge in [0.25, 0.3) is 5.91 Å². The number of allylic oxidation sites excluding steroid dienone is 2. The molecule has 134 valence electrons. The number of urea groups is 1. The number of carbonyl (C=O) groups excluding carboxylic acids is 2. The fourth-order valence-electron chi connectivity index (χ4n) is 3.17. The molecule has 3 rings (SSSR count). The average molecular weight is 344 g/mol. The second-order valence-corrected chi connectivity index (χ2v) is 7.14. The van der Waals surface area contributed by atoms with Crippen LogP contribution < -0.4 is 10.1 Å². The molecule has 2 N–H and O–H groups in total. The molecule has 0 bridgehead atoms. The van der Waals surface area contributed by atoms with E-state index in [1.54, 1.807) is 13.8 Å². The number of carbonyl (C=O) groups is 2. The van der Waals surface area contributed by atoms with Gasteiger partial charge in [-0.2, -0.15) is 0 Å². The summed E-state index contributed by atoms with van der Waals surface area (Å²) in [6, 6.07) is 7.37. The number of hydrogen-bond acceptors (Lipinski definition) is 4. The van der Waals surface area contributed by atoms with Crippen LogP contribution in [0.15, 0.2) is 36.4 Å². The van der Waals surface area contributed by atoms with Crippen LogP contribution in [0.3, 0.4) is 0 Å². The molecule has 6 heteroatoms. The van der Waals surface area contributed by atoms with E-state index in [-0.39, 0.29) is 19.1 Å². The largest absolute Gasteiger partial charge is 0.491 e. The molecular weight excluding hydrogens is 320 g/mol. The zero-order valence-electron chi connectivity index (χ0n) is 14.6. The third-order valence-electron chi connectivity index (χ3n) is 4.64. The van der Waals surface area contributed by atoms with Gasteiger partial charge in [0.2, 0.25) is 0 Å². The number of nitrogens with zero attached hydrogens (tertiary/aromatic N) is 1. The fraction of sp³-hybridized carbons (Fsp3) is 0.474. The number of amides is 3. The molecule has 1 aromatic carbocycles. The van der Waals surface area contributed by atoms with E-state index in [0.29, 0.717) is 11.7 Å². The van der Waals surface area contributed by atoms with E-state index in [1.165, 1.54) is 5.56 Å². The summed E-state index contributed by atoms with van der Waals surface area (Å²) in [6.07, 6.45) is 5.59. The highest BCUT2D eigenvalue weighted by Gasteiger charge is 2.44. The van der Waals surface area contributed by atoms with Gasteiger partial charge in [-0.05, 0) is 50.3 Å². The number of benzene rings is 1. The lowest BCUT2D eigenvalue weighted by molar-refractivity contribution is -0.131. The molecule has 1 heterocycles. The van der Waals surface area contributed by atoms with E-state index >= 15 is 0 Å². The highest BCUT2D eigenvalue weighted by molar-refractivity contribution is 6.06. The smallest absolute Gasteiger partial charge is 0.325 e. The Hall–Kier alpha value is -2.34. The Labute approximate surface area is 147 Å². The molecule has 1 atom stereocenters. The molecule has 1 aliphatic heterocycles. The van der Waals surface area contributed by atoms with Gasteiger partial charge in [0.05, 0.1) is 6.54 Å². The van der Waals surface area contributed by atoms with Crippen molar-refractivity contribution in [3.63, 3.8) is 0 Å². The minimum atomic E-state index is -0.942. The first kappa shape index (κ1) is 17.5. The lowest BCUT2D eigenvalue weighted by Gasteiger charge is -2.19. The molecule has 6 nitrogen and oxygen atoms in total. The molecule has 1 aromatic rings. The van der Waals surface area contributed by atoms with Crippen LogP contribution in [-0.4, -0.2) is 46.7 Å². The molecule has 0 spiro atoms. The second kappa shape index (κ2) is 6.88. The molecule has 1 fully saturated rings. The predicted octanol–water partition coefficient (Wildman–Crippen LogP) is 2.19. The molecule has 1 unspecified atom stereocenters. The van der Waals surface area contributed by atoms with Crippen LogP contribution in [0.4, 0.5) is 4.79 Å². The summed E-state index contributed by atoms with van der Waals surface area (Å²) in [7, 11) is 0. The monoisotopic (exact) mass is 344 g/mol. The summed E-state index contributed by atoms with van der Waals surface area (Å²) in [4.78, 5) is 24.9. The van der Waals surface area contributed by atoms with Crippen molar-refractivity contribution in [3.8, 4) is 5.75 Å². The van der Waals surface area contributed by atoms with E-state index in [4.69, 9.17) is 4.74 Å². The van der Waals surface area contributed by atoms with E-state index in [2.05, 4.69) is 17.5 Å². The fourth-order valence-corrected chi connectivity index (χ4v) is 3.17. The summed E-state index contributed by atoms with van der Waals surface area (Å²) in [5, 5.41) is 12.7. The quantitative estimate of drug-likeness (QED) is 0.612. The Bertz CT molecular complexity index is 673. The average Bonchev–Trinajstić information content (AvgIpc) is 3.17. The zero-order chi connectivity index (χ0) is 18.0. The predicted molar refractivity (Wildman–Crippen MR) is 93.4 cm³/mol. The van der Waals surface area contributed by atoms with Gasteiger partial charge in [-0.15, -0.1) is 0 Å². The third kappa shape index (κ3) is 3.85. The first-order valence-corrected chi connectivity index (χ1v) is 8.57. The highest BCUT2D eigenvalue weighted by Crippen LogP contribution is 2.30. The number of nitrogens with one attached hydrogen (secondary N) is 1. The summed E-state index contributed by atoms with van der Waals surface area (Å²) in [5.41, 5.74) is 0.349. The zero-order valence-corrected chi connectivity index (χ0v) is 14.6. The van der Waals surface area contributed by atoms with Crippen molar-refractivity contribution in [2.75, 3.05) is 13.2 Å². The Morgan fingerprint density at radius 2 is 1.88 bits per heavy atom. The van der Waals surface area contributed by atoms with Crippen LogP contribution in [0.5, 0.6) is 5.75 Å². The molecule has 0 saturated carbocycles. The molecule has 3 amide bonds. The Kier molecular flexibility index (Phi) is 4.81. The van der Waals surface area contributed by atoms with Crippen molar-refractivity contribution >= 4 is 11.9 Å². The van der Waals surface area contributed by atoms with Crippen LogP contribution in [0, 0.1) is 0 Å².